The molecule has 0 aromatic rings. The van der Waals surface area contributed by atoms with Gasteiger partial charge in [-0.25, -0.2) is 0 Å². The molecule has 0 aliphatic rings. The fourth-order valence-electron chi connectivity index (χ4n) is 3.28. The zero-order valence-electron chi connectivity index (χ0n) is 17.1. The van der Waals surface area contributed by atoms with Gasteiger partial charge in [-0.05, 0) is 25.0 Å². The Hall–Kier alpha value is 0.190. The van der Waals surface area contributed by atoms with Crippen molar-refractivity contribution >= 4 is 12.6 Å². The van der Waals surface area contributed by atoms with E-state index in [0.29, 0.717) is 32.3 Å². The predicted molar refractivity (Wildman–Crippen MR) is 109 cm³/mol. The minimum Gasteiger partial charge on any atom is -0.382 e. The van der Waals surface area contributed by atoms with E-state index in [1.165, 1.54) is 38.5 Å². The molecule has 0 spiro atoms. The second-order valence-corrected chi connectivity index (χ2v) is 7.06. The SMILES string of the molecule is CCCCCCCCC(CCS)C(CC)(OCCOC)OCCOC. The van der Waals surface area contributed by atoms with E-state index in [2.05, 4.69) is 26.5 Å². The minimum atomic E-state index is -0.552. The molecule has 0 aromatic carbocycles. The van der Waals surface area contributed by atoms with E-state index in [1.54, 1.807) is 14.2 Å². The summed E-state index contributed by atoms with van der Waals surface area (Å²) in [6, 6.07) is 0. The van der Waals surface area contributed by atoms with Crippen molar-refractivity contribution in [1.82, 2.24) is 0 Å². The van der Waals surface area contributed by atoms with Crippen LogP contribution in [0, 0.1) is 5.92 Å². The number of unbranched alkanes of at least 4 members (excludes halogenated alkanes) is 5. The van der Waals surface area contributed by atoms with Gasteiger partial charge in [-0.2, -0.15) is 12.6 Å². The van der Waals surface area contributed by atoms with E-state index in [0.717, 1.165) is 25.0 Å². The molecule has 0 saturated carbocycles. The van der Waals surface area contributed by atoms with Crippen molar-refractivity contribution in [3.8, 4) is 0 Å². The summed E-state index contributed by atoms with van der Waals surface area (Å²) in [6.07, 6.45) is 10.8. The normalized spacial score (nSPS) is 13.3. The molecule has 0 heterocycles. The molecule has 0 aromatic heterocycles. The molecule has 0 N–H and O–H groups in total. The summed E-state index contributed by atoms with van der Waals surface area (Å²) in [7, 11) is 3.40. The van der Waals surface area contributed by atoms with Crippen molar-refractivity contribution in [2.24, 2.45) is 5.92 Å². The summed E-state index contributed by atoms with van der Waals surface area (Å²) in [5, 5.41) is 0. The van der Waals surface area contributed by atoms with Crippen LogP contribution in [-0.4, -0.2) is 52.2 Å². The molecule has 0 aliphatic carbocycles. The van der Waals surface area contributed by atoms with Crippen molar-refractivity contribution < 1.29 is 18.9 Å². The van der Waals surface area contributed by atoms with Crippen molar-refractivity contribution in [3.63, 3.8) is 0 Å². The molecule has 0 amide bonds. The molecule has 1 atom stereocenters. The lowest BCUT2D eigenvalue weighted by atomic mass is 9.87. The molecule has 0 bridgehead atoms. The summed E-state index contributed by atoms with van der Waals surface area (Å²) in [5.74, 6) is 0.655. The number of hydrogen-bond acceptors (Lipinski definition) is 5. The largest absolute Gasteiger partial charge is 0.382 e. The summed E-state index contributed by atoms with van der Waals surface area (Å²) in [5.41, 5.74) is 0. The molecule has 0 aliphatic heterocycles. The smallest absolute Gasteiger partial charge is 0.171 e. The number of rotatable bonds is 19. The number of methoxy groups -OCH3 is 2. The van der Waals surface area contributed by atoms with Gasteiger partial charge in [-0.3, -0.25) is 0 Å². The lowest BCUT2D eigenvalue weighted by Crippen LogP contribution is -2.45. The van der Waals surface area contributed by atoms with Gasteiger partial charge in [0, 0.05) is 20.1 Å². The van der Waals surface area contributed by atoms with Crippen molar-refractivity contribution in [2.45, 2.75) is 77.4 Å². The van der Waals surface area contributed by atoms with Crippen LogP contribution >= 0.6 is 12.6 Å². The van der Waals surface area contributed by atoms with Gasteiger partial charge in [0.15, 0.2) is 5.79 Å². The highest BCUT2D eigenvalue weighted by Crippen LogP contribution is 2.34. The highest BCUT2D eigenvalue weighted by atomic mass is 32.1. The topological polar surface area (TPSA) is 36.9 Å². The first-order valence-corrected chi connectivity index (χ1v) is 10.7. The quantitative estimate of drug-likeness (QED) is 0.193. The average Bonchev–Trinajstić information content (AvgIpc) is 2.63. The van der Waals surface area contributed by atoms with Gasteiger partial charge in [0.05, 0.1) is 26.4 Å². The van der Waals surface area contributed by atoms with Crippen LogP contribution in [0.15, 0.2) is 0 Å². The summed E-state index contributed by atoms with van der Waals surface area (Å²) in [4.78, 5) is 0. The van der Waals surface area contributed by atoms with E-state index in [1.807, 2.05) is 0 Å². The number of hydrogen-bond donors (Lipinski definition) is 1. The molecule has 25 heavy (non-hydrogen) atoms. The van der Waals surface area contributed by atoms with Crippen LogP contribution in [0.5, 0.6) is 0 Å². The Kier molecular flexibility index (Phi) is 17.7. The van der Waals surface area contributed by atoms with Crippen molar-refractivity contribution in [1.29, 1.82) is 0 Å². The fourth-order valence-corrected chi connectivity index (χ4v) is 3.59. The maximum absolute atomic E-state index is 6.24. The lowest BCUT2D eigenvalue weighted by Gasteiger charge is -2.40. The zero-order valence-corrected chi connectivity index (χ0v) is 18.0. The van der Waals surface area contributed by atoms with Crippen LogP contribution in [0.2, 0.25) is 0 Å². The Balaban J connectivity index is 4.73. The van der Waals surface area contributed by atoms with Crippen LogP contribution in [0.1, 0.15) is 71.6 Å². The molecule has 0 fully saturated rings. The predicted octanol–water partition coefficient (Wildman–Crippen LogP) is 5.11. The average molecular weight is 379 g/mol. The first-order valence-electron chi connectivity index (χ1n) is 10.1. The minimum absolute atomic E-state index is 0.356. The van der Waals surface area contributed by atoms with Gasteiger partial charge in [0.1, 0.15) is 0 Å². The zero-order chi connectivity index (χ0) is 18.8. The van der Waals surface area contributed by atoms with Gasteiger partial charge < -0.3 is 18.9 Å². The standard InChI is InChI=1S/C20H42O4S/c1-5-7-8-9-10-11-12-19(13-18-25)20(6-2,23-16-14-21-3)24-17-15-22-4/h19,25H,5-18H2,1-4H3. The Bertz CT molecular complexity index is 266. The highest BCUT2D eigenvalue weighted by Gasteiger charge is 2.38. The molecule has 1 unspecified atom stereocenters. The second kappa shape index (κ2) is 17.6. The third-order valence-electron chi connectivity index (χ3n) is 4.77. The first-order chi connectivity index (χ1) is 12.2. The summed E-state index contributed by atoms with van der Waals surface area (Å²) < 4.78 is 22.8. The van der Waals surface area contributed by atoms with E-state index in [-0.39, 0.29) is 0 Å². The molecular weight excluding hydrogens is 336 g/mol. The maximum atomic E-state index is 6.24. The molecule has 0 radical (unpaired) electrons. The molecule has 5 heteroatoms. The van der Waals surface area contributed by atoms with Crippen LogP contribution in [0.3, 0.4) is 0 Å². The summed E-state index contributed by atoms with van der Waals surface area (Å²) in [6.45, 7) is 6.67. The Morgan fingerprint density at radius 3 is 1.80 bits per heavy atom. The number of thiol groups is 1. The molecule has 0 rings (SSSR count). The van der Waals surface area contributed by atoms with Crippen molar-refractivity contribution in [2.75, 3.05) is 46.4 Å². The highest BCUT2D eigenvalue weighted by molar-refractivity contribution is 7.80. The van der Waals surface area contributed by atoms with Gasteiger partial charge >= 0.3 is 0 Å². The Labute approximate surface area is 161 Å². The van der Waals surface area contributed by atoms with E-state index < -0.39 is 5.79 Å². The van der Waals surface area contributed by atoms with Gasteiger partial charge in [-0.15, -0.1) is 0 Å². The fraction of sp³-hybridized carbons (Fsp3) is 1.00. The van der Waals surface area contributed by atoms with E-state index in [9.17, 15) is 0 Å². The monoisotopic (exact) mass is 378 g/mol. The maximum Gasteiger partial charge on any atom is 0.171 e. The molecular formula is C20H42O4S. The second-order valence-electron chi connectivity index (χ2n) is 6.61. The Morgan fingerprint density at radius 1 is 0.760 bits per heavy atom. The van der Waals surface area contributed by atoms with Crippen molar-refractivity contribution in [3.05, 3.63) is 0 Å². The van der Waals surface area contributed by atoms with Crippen LogP contribution < -0.4 is 0 Å². The van der Waals surface area contributed by atoms with E-state index >= 15 is 0 Å². The van der Waals surface area contributed by atoms with Gasteiger partial charge in [0.2, 0.25) is 0 Å². The van der Waals surface area contributed by atoms with Crippen LogP contribution in [0.25, 0.3) is 0 Å². The van der Waals surface area contributed by atoms with Crippen LogP contribution in [-0.2, 0) is 18.9 Å². The number of ether oxygens (including phenoxy) is 4. The van der Waals surface area contributed by atoms with Gasteiger partial charge in [0.25, 0.3) is 0 Å². The lowest BCUT2D eigenvalue weighted by molar-refractivity contribution is -0.276. The third kappa shape index (κ3) is 11.5. The molecule has 152 valence electrons. The first kappa shape index (κ1) is 25.2. The molecule has 4 nitrogen and oxygen atoms in total. The van der Waals surface area contributed by atoms with E-state index in [4.69, 9.17) is 18.9 Å². The van der Waals surface area contributed by atoms with Gasteiger partial charge in [-0.1, -0.05) is 52.4 Å². The summed E-state index contributed by atoms with van der Waals surface area (Å²) >= 11 is 4.48. The van der Waals surface area contributed by atoms with Crippen LogP contribution in [0.4, 0.5) is 0 Å². The molecule has 0 saturated heterocycles. The third-order valence-corrected chi connectivity index (χ3v) is 5.02. The Morgan fingerprint density at radius 2 is 1.32 bits per heavy atom.